The standard InChI is InChI=1S/C23H19F4N3O2S/c24-19-13-16(29-9-2-1-3-10-29)8-7-14(19)11-18-20(31)28-22(33)30(21(18)32)17-6-4-5-15(12-17)23(25,26)27/h4-8,11-13H,1-3,9-10H2,(H,28,31,33)/b18-11+. The van der Waals surface area contributed by atoms with Crippen LogP contribution in [0.1, 0.15) is 30.4 Å². The summed E-state index contributed by atoms with van der Waals surface area (Å²) in [6, 6.07) is 8.53. The van der Waals surface area contributed by atoms with E-state index in [0.29, 0.717) is 5.69 Å². The monoisotopic (exact) mass is 477 g/mol. The fourth-order valence-electron chi connectivity index (χ4n) is 3.85. The van der Waals surface area contributed by atoms with E-state index < -0.39 is 34.9 Å². The van der Waals surface area contributed by atoms with Gasteiger partial charge >= 0.3 is 6.18 Å². The number of anilines is 2. The van der Waals surface area contributed by atoms with Gasteiger partial charge in [-0.2, -0.15) is 13.2 Å². The van der Waals surface area contributed by atoms with Crippen LogP contribution in [-0.4, -0.2) is 30.0 Å². The van der Waals surface area contributed by atoms with E-state index in [1.807, 2.05) is 0 Å². The molecule has 0 aliphatic carbocycles. The molecule has 0 atom stereocenters. The fraction of sp³-hybridized carbons (Fsp3) is 0.261. The van der Waals surface area contributed by atoms with Crippen LogP contribution in [0, 0.1) is 5.82 Å². The first-order valence-electron chi connectivity index (χ1n) is 10.3. The number of halogens is 4. The summed E-state index contributed by atoms with van der Waals surface area (Å²) in [5, 5.41) is 1.93. The third-order valence-electron chi connectivity index (χ3n) is 5.54. The molecular weight excluding hydrogens is 458 g/mol. The van der Waals surface area contributed by atoms with Crippen LogP contribution in [0.3, 0.4) is 0 Å². The molecule has 2 amide bonds. The highest BCUT2D eigenvalue weighted by Crippen LogP contribution is 2.33. The maximum atomic E-state index is 14.8. The molecule has 2 saturated heterocycles. The van der Waals surface area contributed by atoms with Crippen LogP contribution >= 0.6 is 12.2 Å². The van der Waals surface area contributed by atoms with Gasteiger partial charge in [0, 0.05) is 24.3 Å². The Bertz CT molecular complexity index is 1160. The Hall–Kier alpha value is -3.27. The molecule has 4 rings (SSSR count). The molecule has 0 bridgehead atoms. The second-order valence-electron chi connectivity index (χ2n) is 7.76. The smallest absolute Gasteiger partial charge is 0.371 e. The van der Waals surface area contributed by atoms with E-state index in [0.717, 1.165) is 61.5 Å². The minimum atomic E-state index is -4.63. The molecule has 2 aromatic carbocycles. The molecule has 33 heavy (non-hydrogen) atoms. The highest BCUT2D eigenvalue weighted by atomic mass is 32.1. The van der Waals surface area contributed by atoms with E-state index in [2.05, 4.69) is 10.2 Å². The molecule has 2 fully saturated rings. The van der Waals surface area contributed by atoms with Gasteiger partial charge in [0.2, 0.25) is 0 Å². The van der Waals surface area contributed by atoms with Gasteiger partial charge in [0.1, 0.15) is 11.4 Å². The highest BCUT2D eigenvalue weighted by molar-refractivity contribution is 7.80. The van der Waals surface area contributed by atoms with Gasteiger partial charge in [-0.25, -0.2) is 4.39 Å². The van der Waals surface area contributed by atoms with Gasteiger partial charge in [-0.05, 0) is 74.0 Å². The van der Waals surface area contributed by atoms with Crippen LogP contribution in [0.15, 0.2) is 48.0 Å². The molecule has 0 spiro atoms. The van der Waals surface area contributed by atoms with E-state index in [9.17, 15) is 27.2 Å². The average molecular weight is 477 g/mol. The lowest BCUT2D eigenvalue weighted by atomic mass is 10.0. The number of hydrogen-bond donors (Lipinski definition) is 1. The SMILES string of the molecule is O=C1NC(=S)N(c2cccc(C(F)(F)F)c2)C(=O)/C1=C/c1ccc(N2CCCCC2)cc1F. The summed E-state index contributed by atoms with van der Waals surface area (Å²) in [6.07, 6.45) is -0.377. The zero-order chi connectivity index (χ0) is 23.8. The summed E-state index contributed by atoms with van der Waals surface area (Å²) in [5.41, 5.74) is -0.860. The number of carbonyl (C=O) groups is 2. The fourth-order valence-corrected chi connectivity index (χ4v) is 4.13. The molecular formula is C23H19F4N3O2S. The molecule has 2 aliphatic heterocycles. The molecule has 5 nitrogen and oxygen atoms in total. The third-order valence-corrected chi connectivity index (χ3v) is 5.82. The van der Waals surface area contributed by atoms with Crippen LogP contribution in [0.5, 0.6) is 0 Å². The summed E-state index contributed by atoms with van der Waals surface area (Å²) in [7, 11) is 0. The van der Waals surface area contributed by atoms with Crippen molar-refractivity contribution in [1.82, 2.24) is 5.32 Å². The van der Waals surface area contributed by atoms with Crippen molar-refractivity contribution in [3.8, 4) is 0 Å². The molecule has 0 saturated carbocycles. The lowest BCUT2D eigenvalue weighted by Gasteiger charge is -2.29. The molecule has 0 unspecified atom stereocenters. The largest absolute Gasteiger partial charge is 0.416 e. The van der Waals surface area contributed by atoms with Gasteiger partial charge in [-0.15, -0.1) is 0 Å². The van der Waals surface area contributed by atoms with E-state index in [1.54, 1.807) is 6.07 Å². The first-order valence-corrected chi connectivity index (χ1v) is 10.7. The lowest BCUT2D eigenvalue weighted by molar-refractivity contribution is -0.137. The second kappa shape index (κ2) is 8.93. The van der Waals surface area contributed by atoms with E-state index in [4.69, 9.17) is 12.2 Å². The van der Waals surface area contributed by atoms with E-state index in [1.165, 1.54) is 18.2 Å². The van der Waals surface area contributed by atoms with E-state index >= 15 is 0 Å². The molecule has 10 heteroatoms. The van der Waals surface area contributed by atoms with Gasteiger partial charge < -0.3 is 4.90 Å². The zero-order valence-electron chi connectivity index (χ0n) is 17.3. The maximum Gasteiger partial charge on any atom is 0.416 e. The predicted molar refractivity (Wildman–Crippen MR) is 120 cm³/mol. The van der Waals surface area contributed by atoms with Crippen molar-refractivity contribution < 1.29 is 27.2 Å². The number of piperidine rings is 1. The Kier molecular flexibility index (Phi) is 6.20. The summed E-state index contributed by atoms with van der Waals surface area (Å²) < 4.78 is 54.1. The van der Waals surface area contributed by atoms with Crippen LogP contribution < -0.4 is 15.1 Å². The maximum absolute atomic E-state index is 14.8. The summed E-state index contributed by atoms with van der Waals surface area (Å²) in [4.78, 5) is 28.3. The van der Waals surface area contributed by atoms with Gasteiger partial charge in [-0.3, -0.25) is 19.8 Å². The number of amides is 2. The van der Waals surface area contributed by atoms with Crippen molar-refractivity contribution in [2.24, 2.45) is 0 Å². The Morgan fingerprint density at radius 3 is 2.36 bits per heavy atom. The Labute approximate surface area is 192 Å². The summed E-state index contributed by atoms with van der Waals surface area (Å²) >= 11 is 5.02. The topological polar surface area (TPSA) is 52.7 Å². The number of nitrogens with one attached hydrogen (secondary N) is 1. The van der Waals surface area contributed by atoms with Crippen molar-refractivity contribution in [3.05, 3.63) is 65.0 Å². The molecule has 172 valence electrons. The minimum absolute atomic E-state index is 0.00562. The number of rotatable bonds is 3. The molecule has 2 aromatic rings. The number of nitrogens with zero attached hydrogens (tertiary/aromatic N) is 2. The van der Waals surface area contributed by atoms with Crippen LogP contribution in [-0.2, 0) is 15.8 Å². The summed E-state index contributed by atoms with van der Waals surface area (Å²) in [6.45, 7) is 1.65. The quantitative estimate of drug-likeness (QED) is 0.302. The predicted octanol–water partition coefficient (Wildman–Crippen LogP) is 4.67. The second-order valence-corrected chi connectivity index (χ2v) is 8.15. The van der Waals surface area contributed by atoms with Gasteiger partial charge in [0.25, 0.3) is 11.8 Å². The average Bonchev–Trinajstić information content (AvgIpc) is 2.77. The van der Waals surface area contributed by atoms with Crippen molar-refractivity contribution in [2.75, 3.05) is 22.9 Å². The Balaban J connectivity index is 1.66. The summed E-state index contributed by atoms with van der Waals surface area (Å²) in [5.74, 6) is -2.42. The van der Waals surface area contributed by atoms with Crippen LogP contribution in [0.25, 0.3) is 6.08 Å². The first-order chi connectivity index (χ1) is 15.6. The van der Waals surface area contributed by atoms with Crippen molar-refractivity contribution >= 4 is 46.6 Å². The van der Waals surface area contributed by atoms with Gasteiger partial charge in [0.15, 0.2) is 5.11 Å². The number of alkyl halides is 3. The molecule has 1 N–H and O–H groups in total. The van der Waals surface area contributed by atoms with Crippen molar-refractivity contribution in [2.45, 2.75) is 25.4 Å². The number of hydrogen-bond acceptors (Lipinski definition) is 4. The number of benzene rings is 2. The third kappa shape index (κ3) is 4.75. The van der Waals surface area contributed by atoms with Crippen molar-refractivity contribution in [1.29, 1.82) is 0 Å². The Morgan fingerprint density at radius 1 is 0.970 bits per heavy atom. The van der Waals surface area contributed by atoms with Gasteiger partial charge in [-0.1, -0.05) is 6.07 Å². The lowest BCUT2D eigenvalue weighted by Crippen LogP contribution is -2.54. The molecule has 2 heterocycles. The Morgan fingerprint density at radius 2 is 1.70 bits per heavy atom. The van der Waals surface area contributed by atoms with Crippen LogP contribution in [0.2, 0.25) is 0 Å². The zero-order valence-corrected chi connectivity index (χ0v) is 18.1. The van der Waals surface area contributed by atoms with E-state index in [-0.39, 0.29) is 16.4 Å². The number of carbonyl (C=O) groups excluding carboxylic acids is 2. The minimum Gasteiger partial charge on any atom is -0.371 e. The number of thiocarbonyl (C=S) groups is 1. The normalized spacial score (nSPS) is 18.7. The highest BCUT2D eigenvalue weighted by Gasteiger charge is 2.36. The first kappa shape index (κ1) is 22.9. The molecule has 0 radical (unpaired) electrons. The van der Waals surface area contributed by atoms with Crippen LogP contribution in [0.4, 0.5) is 28.9 Å². The molecule has 0 aromatic heterocycles. The van der Waals surface area contributed by atoms with Crippen molar-refractivity contribution in [3.63, 3.8) is 0 Å². The molecule has 2 aliphatic rings. The van der Waals surface area contributed by atoms with Gasteiger partial charge in [0.05, 0.1) is 11.3 Å².